The van der Waals surface area contributed by atoms with Crippen molar-refractivity contribution in [1.82, 2.24) is 4.57 Å². The van der Waals surface area contributed by atoms with Gasteiger partial charge in [-0.25, -0.2) is 4.39 Å². The van der Waals surface area contributed by atoms with E-state index < -0.39 is 0 Å². The Morgan fingerprint density at radius 1 is 1.06 bits per heavy atom. The number of anilines is 1. The molecule has 0 saturated carbocycles. The summed E-state index contributed by atoms with van der Waals surface area (Å²) in [6.07, 6.45) is 6.09. The van der Waals surface area contributed by atoms with Gasteiger partial charge >= 0.3 is 0 Å². The summed E-state index contributed by atoms with van der Waals surface area (Å²) in [5.74, 6) is -0.127. The van der Waals surface area contributed by atoms with Gasteiger partial charge in [0.25, 0.3) is 0 Å². The molecule has 0 fully saturated rings. The standard InChI is InChI=1S/C21H22FNO.C7H9N/c1-6-8-15(7-2)19-18(13-24)20(14(3)4)23(5)21(19)16-9-11-17(22)12-10-16;1-8-7-5-3-2-4-6-7/h6-14H,1-2H2,3-5H3;2-6,8H,1H3/b15-8+;. The first-order valence-corrected chi connectivity index (χ1v) is 10.5. The van der Waals surface area contributed by atoms with Crippen molar-refractivity contribution >= 4 is 17.5 Å². The molecular formula is C28H31FN2O. The number of benzene rings is 2. The second-order valence-electron chi connectivity index (χ2n) is 7.54. The number of carbonyl (C=O) groups excluding carboxylic acids is 1. The fourth-order valence-corrected chi connectivity index (χ4v) is 3.77. The van der Waals surface area contributed by atoms with E-state index in [4.69, 9.17) is 0 Å². The van der Waals surface area contributed by atoms with Gasteiger partial charge in [-0.15, -0.1) is 0 Å². The van der Waals surface area contributed by atoms with Crippen molar-refractivity contribution in [2.24, 2.45) is 7.05 Å². The Morgan fingerprint density at radius 3 is 2.12 bits per heavy atom. The summed E-state index contributed by atoms with van der Waals surface area (Å²) in [5, 5.41) is 3.03. The third-order valence-corrected chi connectivity index (χ3v) is 5.13. The second kappa shape index (κ2) is 11.7. The molecule has 0 bridgehead atoms. The molecule has 3 rings (SSSR count). The molecule has 1 heterocycles. The molecule has 2 aromatic carbocycles. The SMILES string of the molecule is C=C/C=C(\C=C)c1c(C=O)c(C(C)C)n(C)c1-c1ccc(F)cc1.CNc1ccccc1. The third-order valence-electron chi connectivity index (χ3n) is 5.13. The fraction of sp³-hybridized carbons (Fsp3) is 0.179. The number of hydrogen-bond acceptors (Lipinski definition) is 2. The number of aromatic nitrogens is 1. The van der Waals surface area contributed by atoms with Crippen LogP contribution >= 0.6 is 0 Å². The van der Waals surface area contributed by atoms with Crippen molar-refractivity contribution in [1.29, 1.82) is 0 Å². The minimum Gasteiger partial charge on any atom is -0.388 e. The summed E-state index contributed by atoms with van der Waals surface area (Å²) >= 11 is 0. The predicted octanol–water partition coefficient (Wildman–Crippen LogP) is 7.25. The first-order chi connectivity index (χ1) is 15.4. The van der Waals surface area contributed by atoms with Crippen molar-refractivity contribution in [2.75, 3.05) is 12.4 Å². The third kappa shape index (κ3) is 5.52. The minimum absolute atomic E-state index is 0.165. The fourth-order valence-electron chi connectivity index (χ4n) is 3.77. The number of nitrogens with zero attached hydrogens (tertiary/aromatic N) is 1. The molecule has 3 nitrogen and oxygen atoms in total. The summed E-state index contributed by atoms with van der Waals surface area (Å²) in [7, 11) is 3.84. The molecule has 0 amide bonds. The molecule has 166 valence electrons. The van der Waals surface area contributed by atoms with Crippen LogP contribution in [0.2, 0.25) is 0 Å². The van der Waals surface area contributed by atoms with E-state index in [0.717, 1.165) is 40.1 Å². The van der Waals surface area contributed by atoms with Crippen molar-refractivity contribution in [2.45, 2.75) is 19.8 Å². The minimum atomic E-state index is -0.292. The predicted molar refractivity (Wildman–Crippen MR) is 135 cm³/mol. The lowest BCUT2D eigenvalue weighted by molar-refractivity contribution is 0.112. The second-order valence-corrected chi connectivity index (χ2v) is 7.54. The van der Waals surface area contributed by atoms with Gasteiger partial charge in [0.1, 0.15) is 5.82 Å². The van der Waals surface area contributed by atoms with Crippen molar-refractivity contribution in [3.63, 3.8) is 0 Å². The number of carbonyl (C=O) groups is 1. The van der Waals surface area contributed by atoms with Crippen LogP contribution < -0.4 is 5.32 Å². The Balaban J connectivity index is 0.000000380. The molecule has 0 saturated heterocycles. The smallest absolute Gasteiger partial charge is 0.152 e. The van der Waals surface area contributed by atoms with Crippen LogP contribution in [0.5, 0.6) is 0 Å². The Labute approximate surface area is 190 Å². The molecular weight excluding hydrogens is 399 g/mol. The van der Waals surface area contributed by atoms with Gasteiger partial charge in [0.15, 0.2) is 6.29 Å². The molecule has 0 atom stereocenters. The Bertz CT molecular complexity index is 1090. The van der Waals surface area contributed by atoms with Crippen LogP contribution in [0.3, 0.4) is 0 Å². The van der Waals surface area contributed by atoms with E-state index >= 15 is 0 Å². The van der Waals surface area contributed by atoms with E-state index in [-0.39, 0.29) is 11.7 Å². The molecule has 4 heteroatoms. The number of nitrogens with one attached hydrogen (secondary N) is 1. The van der Waals surface area contributed by atoms with Gasteiger partial charge in [0, 0.05) is 36.6 Å². The van der Waals surface area contributed by atoms with Crippen molar-refractivity contribution in [3.05, 3.63) is 109 Å². The quantitative estimate of drug-likeness (QED) is 0.316. The molecule has 0 aliphatic heterocycles. The summed E-state index contributed by atoms with van der Waals surface area (Å²) in [6, 6.07) is 16.4. The summed E-state index contributed by atoms with van der Waals surface area (Å²) in [4.78, 5) is 11.9. The molecule has 0 aliphatic rings. The Kier molecular flexibility index (Phi) is 8.96. The van der Waals surface area contributed by atoms with Crippen molar-refractivity contribution in [3.8, 4) is 11.3 Å². The van der Waals surface area contributed by atoms with Gasteiger partial charge in [-0.05, 0) is 53.5 Å². The summed E-state index contributed by atoms with van der Waals surface area (Å²) < 4.78 is 15.3. The number of halogens is 1. The molecule has 3 aromatic rings. The largest absolute Gasteiger partial charge is 0.388 e. The zero-order chi connectivity index (χ0) is 23.7. The monoisotopic (exact) mass is 430 g/mol. The molecule has 0 spiro atoms. The van der Waals surface area contributed by atoms with E-state index in [2.05, 4.69) is 18.5 Å². The molecule has 1 aromatic heterocycles. The van der Waals surface area contributed by atoms with Gasteiger partial charge in [0.2, 0.25) is 0 Å². The summed E-state index contributed by atoms with van der Waals surface area (Å²) in [5.41, 5.74) is 6.07. The summed E-state index contributed by atoms with van der Waals surface area (Å²) in [6.45, 7) is 11.7. The highest BCUT2D eigenvalue weighted by molar-refractivity contribution is 5.96. The van der Waals surface area contributed by atoms with Gasteiger partial charge in [0.05, 0.1) is 5.69 Å². The highest BCUT2D eigenvalue weighted by Crippen LogP contribution is 2.38. The Morgan fingerprint density at radius 2 is 1.69 bits per heavy atom. The van der Waals surface area contributed by atoms with Crippen LogP contribution in [-0.2, 0) is 7.05 Å². The highest BCUT2D eigenvalue weighted by Gasteiger charge is 2.24. The van der Waals surface area contributed by atoms with Crippen LogP contribution in [-0.4, -0.2) is 17.9 Å². The highest BCUT2D eigenvalue weighted by atomic mass is 19.1. The number of aldehydes is 1. The molecule has 1 N–H and O–H groups in total. The molecule has 0 radical (unpaired) electrons. The van der Waals surface area contributed by atoms with Gasteiger partial charge in [-0.3, -0.25) is 4.79 Å². The number of para-hydroxylation sites is 1. The lowest BCUT2D eigenvalue weighted by Gasteiger charge is -2.11. The molecule has 32 heavy (non-hydrogen) atoms. The maximum absolute atomic E-state index is 13.3. The van der Waals surface area contributed by atoms with E-state index in [1.807, 2.05) is 68.9 Å². The number of rotatable bonds is 7. The van der Waals surface area contributed by atoms with E-state index in [1.54, 1.807) is 24.3 Å². The van der Waals surface area contributed by atoms with E-state index in [1.165, 1.54) is 12.1 Å². The van der Waals surface area contributed by atoms with E-state index in [9.17, 15) is 9.18 Å². The van der Waals surface area contributed by atoms with Crippen LogP contribution in [0, 0.1) is 5.82 Å². The first-order valence-electron chi connectivity index (χ1n) is 10.5. The maximum atomic E-state index is 13.3. The average molecular weight is 431 g/mol. The van der Waals surface area contributed by atoms with Crippen LogP contribution in [0.25, 0.3) is 16.8 Å². The van der Waals surface area contributed by atoms with Crippen LogP contribution in [0.15, 0.2) is 86.0 Å². The van der Waals surface area contributed by atoms with Gasteiger partial charge in [-0.1, -0.05) is 63.4 Å². The zero-order valence-electron chi connectivity index (χ0n) is 19.2. The van der Waals surface area contributed by atoms with Crippen LogP contribution in [0.4, 0.5) is 10.1 Å². The van der Waals surface area contributed by atoms with Crippen LogP contribution in [0.1, 0.15) is 41.4 Å². The number of allylic oxidation sites excluding steroid dienone is 4. The normalized spacial score (nSPS) is 10.9. The van der Waals surface area contributed by atoms with E-state index in [0.29, 0.717) is 5.56 Å². The molecule has 0 unspecified atom stereocenters. The topological polar surface area (TPSA) is 34.0 Å². The number of hydrogen-bond donors (Lipinski definition) is 1. The lowest BCUT2D eigenvalue weighted by atomic mass is 9.95. The average Bonchev–Trinajstić information content (AvgIpc) is 3.11. The Hall–Kier alpha value is -3.66. The van der Waals surface area contributed by atoms with Gasteiger partial charge < -0.3 is 9.88 Å². The molecule has 0 aliphatic carbocycles. The lowest BCUT2D eigenvalue weighted by Crippen LogP contribution is -2.02. The van der Waals surface area contributed by atoms with Crippen molar-refractivity contribution < 1.29 is 9.18 Å². The first kappa shape index (κ1) is 24.6. The maximum Gasteiger partial charge on any atom is 0.152 e. The zero-order valence-corrected chi connectivity index (χ0v) is 19.2. The van der Waals surface area contributed by atoms with Gasteiger partial charge in [-0.2, -0.15) is 0 Å².